The number of hydrogen-bond acceptors (Lipinski definition) is 4. The summed E-state index contributed by atoms with van der Waals surface area (Å²) in [6.07, 6.45) is 2.42. The number of nitrogens with two attached hydrogens (primary N) is 1. The molecule has 1 fully saturated rings. The molecule has 1 aromatic carbocycles. The van der Waals surface area contributed by atoms with Gasteiger partial charge in [-0.1, -0.05) is 30.3 Å². The number of pyridine rings is 1. The SMILES string of the molecule is Cn1ccc(C(=O)N2CCN(CCc3ccccc3)CC2C(N)=O)cc1=O. The van der Waals surface area contributed by atoms with Crippen LogP contribution in [0.5, 0.6) is 0 Å². The van der Waals surface area contributed by atoms with Gasteiger partial charge in [-0.3, -0.25) is 19.3 Å². The van der Waals surface area contributed by atoms with E-state index in [2.05, 4.69) is 17.0 Å². The summed E-state index contributed by atoms with van der Waals surface area (Å²) in [7, 11) is 1.62. The van der Waals surface area contributed by atoms with Crippen LogP contribution in [-0.4, -0.2) is 58.4 Å². The van der Waals surface area contributed by atoms with Crippen LogP contribution in [0.3, 0.4) is 0 Å². The number of amides is 2. The Labute approximate surface area is 158 Å². The number of rotatable bonds is 5. The number of benzene rings is 1. The van der Waals surface area contributed by atoms with Crippen LogP contribution in [0.25, 0.3) is 0 Å². The lowest BCUT2D eigenvalue weighted by molar-refractivity contribution is -0.124. The fraction of sp³-hybridized carbons (Fsp3) is 0.350. The molecule has 0 spiro atoms. The van der Waals surface area contributed by atoms with Crippen molar-refractivity contribution in [2.75, 3.05) is 26.2 Å². The van der Waals surface area contributed by atoms with Crippen LogP contribution in [0.2, 0.25) is 0 Å². The van der Waals surface area contributed by atoms with Crippen molar-refractivity contribution in [3.63, 3.8) is 0 Å². The Morgan fingerprint density at radius 3 is 2.56 bits per heavy atom. The van der Waals surface area contributed by atoms with Gasteiger partial charge in [0.2, 0.25) is 5.91 Å². The third-order valence-corrected chi connectivity index (χ3v) is 4.96. The summed E-state index contributed by atoms with van der Waals surface area (Å²) in [5.41, 5.74) is 6.81. The van der Waals surface area contributed by atoms with Crippen molar-refractivity contribution >= 4 is 11.8 Å². The highest BCUT2D eigenvalue weighted by Gasteiger charge is 2.34. The van der Waals surface area contributed by atoms with E-state index in [1.165, 1.54) is 21.1 Å². The minimum absolute atomic E-state index is 0.266. The van der Waals surface area contributed by atoms with Gasteiger partial charge < -0.3 is 15.2 Å². The predicted octanol–water partition coefficient (Wildman–Crippen LogP) is 0.240. The van der Waals surface area contributed by atoms with Gasteiger partial charge in [0.1, 0.15) is 6.04 Å². The first kappa shape index (κ1) is 18.8. The number of aryl methyl sites for hydroxylation is 1. The minimum Gasteiger partial charge on any atom is -0.368 e. The summed E-state index contributed by atoms with van der Waals surface area (Å²) in [6, 6.07) is 12.3. The molecular weight excluding hydrogens is 344 g/mol. The Hall–Kier alpha value is -2.93. The van der Waals surface area contributed by atoms with Crippen molar-refractivity contribution in [3.8, 4) is 0 Å². The van der Waals surface area contributed by atoms with Crippen LogP contribution in [0.1, 0.15) is 15.9 Å². The van der Waals surface area contributed by atoms with Gasteiger partial charge in [0.05, 0.1) is 0 Å². The van der Waals surface area contributed by atoms with E-state index in [9.17, 15) is 14.4 Å². The molecule has 1 unspecified atom stereocenters. The van der Waals surface area contributed by atoms with Crippen LogP contribution in [0, 0.1) is 0 Å². The molecule has 1 atom stereocenters. The molecular formula is C20H24N4O3. The largest absolute Gasteiger partial charge is 0.368 e. The maximum Gasteiger partial charge on any atom is 0.254 e. The number of primary amides is 1. The van der Waals surface area contributed by atoms with Gasteiger partial charge in [0.15, 0.2) is 0 Å². The van der Waals surface area contributed by atoms with Gasteiger partial charge in [-0.2, -0.15) is 0 Å². The zero-order valence-corrected chi connectivity index (χ0v) is 15.4. The molecule has 142 valence electrons. The summed E-state index contributed by atoms with van der Waals surface area (Å²) in [6.45, 7) is 2.25. The Balaban J connectivity index is 1.68. The molecule has 2 aromatic rings. The van der Waals surface area contributed by atoms with Crippen LogP contribution in [-0.2, 0) is 18.3 Å². The normalized spacial score (nSPS) is 17.7. The van der Waals surface area contributed by atoms with Crippen molar-refractivity contribution < 1.29 is 9.59 Å². The summed E-state index contributed by atoms with van der Waals surface area (Å²) in [4.78, 5) is 40.2. The van der Waals surface area contributed by atoms with E-state index in [-0.39, 0.29) is 17.0 Å². The lowest BCUT2D eigenvalue weighted by Gasteiger charge is -2.40. The Kier molecular flexibility index (Phi) is 5.71. The summed E-state index contributed by atoms with van der Waals surface area (Å²) < 4.78 is 1.39. The van der Waals surface area contributed by atoms with Crippen molar-refractivity contribution in [3.05, 3.63) is 70.1 Å². The zero-order valence-electron chi connectivity index (χ0n) is 15.4. The lowest BCUT2D eigenvalue weighted by Crippen LogP contribution is -2.60. The molecule has 0 radical (unpaired) electrons. The van der Waals surface area contributed by atoms with Crippen LogP contribution >= 0.6 is 0 Å². The van der Waals surface area contributed by atoms with E-state index >= 15 is 0 Å². The first-order valence-corrected chi connectivity index (χ1v) is 8.99. The van der Waals surface area contributed by atoms with Gasteiger partial charge >= 0.3 is 0 Å². The number of hydrogen-bond donors (Lipinski definition) is 1. The molecule has 1 aliphatic heterocycles. The van der Waals surface area contributed by atoms with Crippen LogP contribution < -0.4 is 11.3 Å². The first-order valence-electron chi connectivity index (χ1n) is 8.99. The maximum atomic E-state index is 12.8. The number of carbonyl (C=O) groups is 2. The van der Waals surface area contributed by atoms with Gasteiger partial charge in [-0.15, -0.1) is 0 Å². The lowest BCUT2D eigenvalue weighted by atomic mass is 10.1. The van der Waals surface area contributed by atoms with E-state index in [4.69, 9.17) is 5.73 Å². The average molecular weight is 368 g/mol. The quantitative estimate of drug-likeness (QED) is 0.819. The molecule has 2 amide bonds. The van der Waals surface area contributed by atoms with Crippen molar-refractivity contribution in [2.24, 2.45) is 12.8 Å². The van der Waals surface area contributed by atoms with Crippen molar-refractivity contribution in [1.29, 1.82) is 0 Å². The maximum absolute atomic E-state index is 12.8. The Morgan fingerprint density at radius 1 is 1.15 bits per heavy atom. The molecule has 1 aromatic heterocycles. The van der Waals surface area contributed by atoms with Gasteiger partial charge in [0, 0.05) is 51.1 Å². The van der Waals surface area contributed by atoms with Crippen LogP contribution in [0.15, 0.2) is 53.5 Å². The zero-order chi connectivity index (χ0) is 19.4. The second-order valence-electron chi connectivity index (χ2n) is 6.82. The fourth-order valence-electron chi connectivity index (χ4n) is 3.31. The Bertz CT molecular complexity index is 878. The topological polar surface area (TPSA) is 88.6 Å². The molecule has 1 aliphatic rings. The van der Waals surface area contributed by atoms with E-state index in [0.29, 0.717) is 19.6 Å². The van der Waals surface area contributed by atoms with Crippen LogP contribution in [0.4, 0.5) is 0 Å². The smallest absolute Gasteiger partial charge is 0.254 e. The second-order valence-corrected chi connectivity index (χ2v) is 6.82. The first-order chi connectivity index (χ1) is 13.0. The highest BCUT2D eigenvalue weighted by Crippen LogP contribution is 2.14. The monoisotopic (exact) mass is 368 g/mol. The molecule has 1 saturated heterocycles. The van der Waals surface area contributed by atoms with E-state index < -0.39 is 11.9 Å². The highest BCUT2D eigenvalue weighted by atomic mass is 16.2. The Morgan fingerprint density at radius 2 is 1.89 bits per heavy atom. The van der Waals surface area contributed by atoms with E-state index in [1.54, 1.807) is 19.3 Å². The second kappa shape index (κ2) is 8.18. The summed E-state index contributed by atoms with van der Waals surface area (Å²) in [5.74, 6) is -0.865. The van der Waals surface area contributed by atoms with Gasteiger partial charge in [0.25, 0.3) is 11.5 Å². The summed E-state index contributed by atoms with van der Waals surface area (Å²) >= 11 is 0. The molecule has 7 nitrogen and oxygen atoms in total. The number of nitrogens with zero attached hydrogens (tertiary/aromatic N) is 3. The molecule has 3 rings (SSSR count). The molecule has 0 saturated carbocycles. The average Bonchev–Trinajstić information content (AvgIpc) is 2.68. The third kappa shape index (κ3) is 4.43. The van der Waals surface area contributed by atoms with Gasteiger partial charge in [-0.05, 0) is 18.1 Å². The minimum atomic E-state index is -0.703. The molecule has 7 heteroatoms. The standard InChI is InChI=1S/C20H24N4O3/c1-22-9-8-16(13-18(22)25)20(27)24-12-11-23(14-17(24)19(21)26)10-7-15-5-3-2-4-6-15/h2-6,8-9,13,17H,7,10-12,14H2,1H3,(H2,21,26). The van der Waals surface area contributed by atoms with Gasteiger partial charge in [-0.25, -0.2) is 0 Å². The highest BCUT2D eigenvalue weighted by molar-refractivity contribution is 5.97. The molecule has 2 heterocycles. The van der Waals surface area contributed by atoms with E-state index in [0.717, 1.165) is 13.0 Å². The van der Waals surface area contributed by atoms with E-state index in [1.807, 2.05) is 18.2 Å². The molecule has 27 heavy (non-hydrogen) atoms. The predicted molar refractivity (Wildman–Crippen MR) is 102 cm³/mol. The molecule has 2 N–H and O–H groups in total. The number of carbonyl (C=O) groups excluding carboxylic acids is 2. The summed E-state index contributed by atoms with van der Waals surface area (Å²) in [5, 5.41) is 0. The molecule has 0 aliphatic carbocycles. The molecule has 0 bridgehead atoms. The number of piperazine rings is 1. The fourth-order valence-corrected chi connectivity index (χ4v) is 3.31. The van der Waals surface area contributed by atoms with Crippen molar-refractivity contribution in [2.45, 2.75) is 12.5 Å². The third-order valence-electron chi connectivity index (χ3n) is 4.96. The number of aromatic nitrogens is 1. The van der Waals surface area contributed by atoms with Crippen molar-refractivity contribution in [1.82, 2.24) is 14.4 Å².